The molecule has 21 aliphatic rings. The number of aliphatic hydroxyl groups is 7. The Balaban J connectivity index is 1.12. The normalized spacial score (nSPS) is 51.8. The predicted octanol–water partition coefficient (Wildman–Crippen LogP) is -1.30. The van der Waals surface area contributed by atoms with E-state index in [1.165, 1.54) is 49.8 Å². The third kappa shape index (κ3) is 14.2. The Bertz CT molecular complexity index is 1950. The summed E-state index contributed by atoms with van der Waals surface area (Å²) in [6, 6.07) is 0. The van der Waals surface area contributed by atoms with Crippen molar-refractivity contribution >= 4 is 0 Å². The van der Waals surface area contributed by atoms with Crippen molar-refractivity contribution in [2.24, 2.45) is 23.7 Å². The van der Waals surface area contributed by atoms with E-state index in [4.69, 9.17) is 99.5 Å². The number of hydrogen-bond donors (Lipinski definition) is 7. The van der Waals surface area contributed by atoms with Gasteiger partial charge in [0.15, 0.2) is 44.0 Å². The smallest absolute Gasteiger partial charge is 0.187 e. The third-order valence-corrected chi connectivity index (χ3v) is 18.2. The third-order valence-electron chi connectivity index (χ3n) is 18.2. The van der Waals surface area contributed by atoms with E-state index >= 15 is 0 Å². The molecule has 0 aromatic rings. The van der Waals surface area contributed by atoms with Crippen LogP contribution in [0.15, 0.2) is 0 Å². The summed E-state index contributed by atoms with van der Waals surface area (Å²) in [6.07, 6.45) is -35.2. The molecule has 84 heavy (non-hydrogen) atoms. The molecule has 0 radical (unpaired) electrons. The molecule has 0 amide bonds. The molecule has 0 aromatic carbocycles. The van der Waals surface area contributed by atoms with Crippen LogP contribution in [-0.4, -0.2) is 302 Å². The molecule has 28 heteroatoms. The average Bonchev–Trinajstić information content (AvgIpc) is 1.34. The van der Waals surface area contributed by atoms with Gasteiger partial charge in [-0.05, 0) is 19.3 Å². The van der Waals surface area contributed by atoms with Crippen molar-refractivity contribution in [3.63, 3.8) is 0 Å². The van der Waals surface area contributed by atoms with Crippen LogP contribution in [-0.2, 0) is 99.5 Å². The van der Waals surface area contributed by atoms with Crippen LogP contribution in [0.1, 0.15) is 67.7 Å². The van der Waals surface area contributed by atoms with Crippen molar-refractivity contribution in [2.45, 2.75) is 258 Å². The largest absolute Gasteiger partial charge is 0.390 e. The van der Waals surface area contributed by atoms with Crippen LogP contribution < -0.4 is 0 Å². The molecular weight excluding hydrogens is 1120 g/mol. The summed E-state index contributed by atoms with van der Waals surface area (Å²) >= 11 is 0. The van der Waals surface area contributed by atoms with Gasteiger partial charge in [0.25, 0.3) is 0 Å². The van der Waals surface area contributed by atoms with E-state index < -0.39 is 214 Å². The zero-order valence-corrected chi connectivity index (χ0v) is 50.9. The summed E-state index contributed by atoms with van der Waals surface area (Å²) in [4.78, 5) is 0. The highest BCUT2D eigenvalue weighted by Crippen LogP contribution is 2.43. The van der Waals surface area contributed by atoms with Gasteiger partial charge in [0.1, 0.15) is 104 Å². The molecule has 490 valence electrons. The van der Waals surface area contributed by atoms with E-state index in [2.05, 4.69) is 0 Å². The maximum Gasteiger partial charge on any atom is 0.187 e. The standard InChI is InChI=1S/C56H98O28/c1-15-26-40-37(61)47(68-12)54(71-26)82-41-27(16-2)72-55(48(69-13)38(41)62)83-42-28(17-3)73-56(49(70-14)39(42)63)84-46-32(21-67-11)77-53(25(7)36(46)60)81-45-31(20-66-10)76-52(24(6)35(45)59)80-44-30(19-65-9)75-51(23(5)34(44)58)79-43-29(18-64-8)74-50(78-40)22(4)33(43)57/h22-63H,15-21H2,1-14H3/t22-,23-,24?,25?,26?,27?,28?,29?,30?,31?,32?,33+,34+,35+,36+,37-,38-,39-,40+,41+,42+,43+,44+,45+,46+,47?,48?,49?,50?,51?,52+,53+,54+,55+,56+/m0/s1. The molecule has 35 atom stereocenters. The summed E-state index contributed by atoms with van der Waals surface area (Å²) in [5.74, 6) is -3.25. The Labute approximate surface area is 492 Å². The maximum absolute atomic E-state index is 12.2. The van der Waals surface area contributed by atoms with E-state index in [1.54, 1.807) is 27.7 Å². The topological polar surface area (TPSA) is 335 Å². The fraction of sp³-hybridized carbons (Fsp3) is 1.00. The molecule has 0 aromatic heterocycles. The van der Waals surface area contributed by atoms with Crippen LogP contribution in [0.25, 0.3) is 0 Å². The van der Waals surface area contributed by atoms with Crippen molar-refractivity contribution in [3.8, 4) is 0 Å². The minimum Gasteiger partial charge on any atom is -0.390 e. The van der Waals surface area contributed by atoms with Gasteiger partial charge in [-0.15, -0.1) is 0 Å². The second kappa shape index (κ2) is 30.8. The van der Waals surface area contributed by atoms with E-state index in [0.29, 0.717) is 6.42 Å². The summed E-state index contributed by atoms with van der Waals surface area (Å²) in [5, 5.41) is 85.3. The highest BCUT2D eigenvalue weighted by Gasteiger charge is 2.59. The zero-order valence-electron chi connectivity index (χ0n) is 50.9. The van der Waals surface area contributed by atoms with Crippen LogP contribution in [0.3, 0.4) is 0 Å². The quantitative estimate of drug-likeness (QED) is 0.106. The molecule has 21 aliphatic heterocycles. The summed E-state index contributed by atoms with van der Waals surface area (Å²) < 4.78 is 132. The van der Waals surface area contributed by atoms with E-state index in [1.807, 2.05) is 20.8 Å². The van der Waals surface area contributed by atoms with Gasteiger partial charge in [-0.1, -0.05) is 48.5 Å². The minimum absolute atomic E-state index is 0.0779. The second-order valence-corrected chi connectivity index (χ2v) is 23.5. The molecule has 0 aliphatic carbocycles. The van der Waals surface area contributed by atoms with Crippen LogP contribution in [0.4, 0.5) is 0 Å². The van der Waals surface area contributed by atoms with Crippen LogP contribution in [0, 0.1) is 23.7 Å². The SMILES string of the molecule is CCC1O[C@@H]2O[C@@H]3C(CC)O[C@H](O[C@@H]4C(CC)O[C@H](O[C@@H]5C(COC)O[C@H](O[C@@H]6C(COC)O[C@H](O[C@@H]7C(COC)OC(O[C@@H]8C(COC)OC(O[C@H]1[C@H](O)C2OC)[C@@H](C)[C@H]8O)[C@@H](C)[C@H]7O)C(C)[C@H]6O)C(C)[C@H]5O)C(OC)[C@H]4O)C(OC)[C@H]3O. The van der Waals surface area contributed by atoms with E-state index in [9.17, 15) is 35.7 Å². The Morgan fingerprint density at radius 3 is 0.607 bits per heavy atom. The summed E-state index contributed by atoms with van der Waals surface area (Å²) in [7, 11) is 9.95. The van der Waals surface area contributed by atoms with Crippen molar-refractivity contribution in [2.75, 3.05) is 76.2 Å². The fourth-order valence-corrected chi connectivity index (χ4v) is 13.0. The van der Waals surface area contributed by atoms with Crippen molar-refractivity contribution in [3.05, 3.63) is 0 Å². The first kappa shape index (κ1) is 68.8. The molecule has 21 saturated heterocycles. The Hall–Kier alpha value is -1.12. The number of rotatable bonds is 14. The predicted molar refractivity (Wildman–Crippen MR) is 284 cm³/mol. The van der Waals surface area contributed by atoms with E-state index in [0.717, 1.165) is 0 Å². The molecule has 21 heterocycles. The van der Waals surface area contributed by atoms with Gasteiger partial charge in [0.05, 0.1) is 69.2 Å². The molecule has 0 spiro atoms. The van der Waals surface area contributed by atoms with Gasteiger partial charge >= 0.3 is 0 Å². The van der Waals surface area contributed by atoms with Crippen LogP contribution in [0.2, 0.25) is 0 Å². The van der Waals surface area contributed by atoms with Crippen LogP contribution in [0.5, 0.6) is 0 Å². The minimum atomic E-state index is -1.44. The van der Waals surface area contributed by atoms with Gasteiger partial charge in [0.2, 0.25) is 0 Å². The summed E-state index contributed by atoms with van der Waals surface area (Å²) in [6.45, 7) is 11.9. The maximum atomic E-state index is 12.2. The van der Waals surface area contributed by atoms with Gasteiger partial charge in [0, 0.05) is 73.4 Å². The van der Waals surface area contributed by atoms with Crippen molar-refractivity contribution < 1.29 is 135 Å². The first-order valence-electron chi connectivity index (χ1n) is 29.7. The zero-order chi connectivity index (χ0) is 61.0. The lowest BCUT2D eigenvalue weighted by molar-refractivity contribution is -0.394. The van der Waals surface area contributed by atoms with Gasteiger partial charge in [-0.2, -0.15) is 0 Å². The first-order valence-corrected chi connectivity index (χ1v) is 29.7. The molecule has 14 unspecified atom stereocenters. The number of methoxy groups -OCH3 is 7. The number of aliphatic hydroxyl groups excluding tert-OH is 7. The lowest BCUT2D eigenvalue weighted by Crippen LogP contribution is -2.67. The average molecular weight is 1220 g/mol. The summed E-state index contributed by atoms with van der Waals surface area (Å²) in [5.41, 5.74) is 0. The molecular formula is C56H98O28. The Morgan fingerprint density at radius 1 is 0.250 bits per heavy atom. The van der Waals surface area contributed by atoms with Crippen LogP contribution >= 0.6 is 0 Å². The van der Waals surface area contributed by atoms with Gasteiger partial charge in [-0.3, -0.25) is 0 Å². The van der Waals surface area contributed by atoms with E-state index in [-0.39, 0.29) is 39.3 Å². The van der Waals surface area contributed by atoms with Crippen molar-refractivity contribution in [1.82, 2.24) is 0 Å². The molecule has 0 saturated carbocycles. The second-order valence-electron chi connectivity index (χ2n) is 23.5. The number of ether oxygens (including phenoxy) is 21. The lowest BCUT2D eigenvalue weighted by atomic mass is 9.89. The highest BCUT2D eigenvalue weighted by atomic mass is 16.8. The fourth-order valence-electron chi connectivity index (χ4n) is 13.0. The number of hydrogen-bond acceptors (Lipinski definition) is 28. The first-order chi connectivity index (χ1) is 40.3. The molecule has 28 nitrogen and oxygen atoms in total. The molecule has 14 bridgehead atoms. The molecule has 21 rings (SSSR count). The Morgan fingerprint density at radius 2 is 0.429 bits per heavy atom. The highest BCUT2D eigenvalue weighted by molar-refractivity contribution is 5.01. The van der Waals surface area contributed by atoms with Gasteiger partial charge < -0.3 is 135 Å². The monoisotopic (exact) mass is 1220 g/mol. The molecule has 21 fully saturated rings. The van der Waals surface area contributed by atoms with Crippen molar-refractivity contribution in [1.29, 1.82) is 0 Å². The Kier molecular flexibility index (Phi) is 25.2. The molecule has 7 N–H and O–H groups in total. The lowest BCUT2D eigenvalue weighted by Gasteiger charge is -2.51. The van der Waals surface area contributed by atoms with Gasteiger partial charge in [-0.25, -0.2) is 0 Å².